The number of benzene rings is 2. The van der Waals surface area contributed by atoms with Gasteiger partial charge in [-0.1, -0.05) is 37.1 Å². The average Bonchev–Trinajstić information content (AvgIpc) is 2.55. The zero-order chi connectivity index (χ0) is 18.4. The van der Waals surface area contributed by atoms with E-state index in [1.807, 2.05) is 48.5 Å². The van der Waals surface area contributed by atoms with Crippen LogP contribution in [0.1, 0.15) is 13.8 Å². The summed E-state index contributed by atoms with van der Waals surface area (Å²) < 4.78 is 0. The highest BCUT2D eigenvalue weighted by atomic mass is 32.2. The summed E-state index contributed by atoms with van der Waals surface area (Å²) in [5.74, 6) is 0. The maximum Gasteiger partial charge on any atom is 0.219 e. The van der Waals surface area contributed by atoms with Gasteiger partial charge in [-0.2, -0.15) is 0 Å². The molecular weight excluding hydrogens is 368 g/mol. The molecule has 0 radical (unpaired) electrons. The van der Waals surface area contributed by atoms with Crippen LogP contribution in [0.2, 0.25) is 0 Å². The molecule has 25 heavy (non-hydrogen) atoms. The third-order valence-electron chi connectivity index (χ3n) is 2.96. The van der Waals surface area contributed by atoms with Gasteiger partial charge < -0.3 is 0 Å². The molecule has 128 valence electrons. The summed E-state index contributed by atoms with van der Waals surface area (Å²) >= 11 is 3.95. The molecule has 0 unspecified atom stereocenters. The van der Waals surface area contributed by atoms with Gasteiger partial charge in [0, 0.05) is 19.6 Å². The molecule has 0 aliphatic heterocycles. The van der Waals surface area contributed by atoms with Crippen LogP contribution in [0.5, 0.6) is 0 Å². The highest BCUT2D eigenvalue weighted by Crippen LogP contribution is 2.33. The third kappa shape index (κ3) is 6.27. The van der Waals surface area contributed by atoms with Gasteiger partial charge in [-0.05, 0) is 84.9 Å². The molecule has 0 spiro atoms. The monoisotopic (exact) mass is 386 g/mol. The van der Waals surface area contributed by atoms with Crippen molar-refractivity contribution in [1.82, 2.24) is 0 Å². The molecule has 0 N–H and O–H groups in total. The first-order valence-electron chi connectivity index (χ1n) is 7.48. The van der Waals surface area contributed by atoms with Crippen molar-refractivity contribution < 1.29 is 9.59 Å². The molecule has 0 aliphatic carbocycles. The van der Waals surface area contributed by atoms with Crippen molar-refractivity contribution in [2.45, 2.75) is 33.4 Å². The molecule has 2 aromatic carbocycles. The van der Waals surface area contributed by atoms with Crippen LogP contribution in [0.4, 0.5) is 0 Å². The van der Waals surface area contributed by atoms with E-state index in [0.29, 0.717) is 11.1 Å². The number of rotatable bonds is 6. The molecule has 0 aromatic heterocycles. The van der Waals surface area contributed by atoms with E-state index in [-0.39, 0.29) is 10.2 Å². The Morgan fingerprint density at radius 1 is 0.720 bits per heavy atom. The lowest BCUT2D eigenvalue weighted by molar-refractivity contribution is -0.108. The molecule has 0 bridgehead atoms. The zero-order valence-electron chi connectivity index (χ0n) is 14.1. The normalized spacial score (nSPS) is 10.3. The van der Waals surface area contributed by atoms with Crippen LogP contribution < -0.4 is 0 Å². The van der Waals surface area contributed by atoms with E-state index in [0.717, 1.165) is 19.6 Å². The Kier molecular flexibility index (Phi) is 7.17. The zero-order valence-corrected chi connectivity index (χ0v) is 16.5. The fourth-order valence-corrected chi connectivity index (χ4v) is 4.25. The predicted molar refractivity (Wildman–Crippen MR) is 108 cm³/mol. The molecule has 2 rings (SSSR count). The summed E-state index contributed by atoms with van der Waals surface area (Å²) in [6, 6.07) is 15.6. The number of hydrogen-bond acceptors (Lipinski definition) is 5. The van der Waals surface area contributed by atoms with Crippen molar-refractivity contribution in [3.05, 3.63) is 72.8 Å². The molecule has 5 heteroatoms. The summed E-state index contributed by atoms with van der Waals surface area (Å²) in [7, 11) is 0. The molecule has 0 amide bonds. The lowest BCUT2D eigenvalue weighted by Crippen LogP contribution is -1.91. The summed E-state index contributed by atoms with van der Waals surface area (Å²) in [5.41, 5.74) is 1.07. The van der Waals surface area contributed by atoms with Crippen LogP contribution in [0, 0.1) is 0 Å². The fourth-order valence-electron chi connectivity index (χ4n) is 1.73. The second kappa shape index (κ2) is 9.13. The SMILES string of the molecule is C=C(C)C(=O)Sc1cccc(Sc2cccc(SC(=O)C(=C)C)c2)c1. The molecule has 0 aliphatic rings. The molecule has 0 fully saturated rings. The van der Waals surface area contributed by atoms with Gasteiger partial charge in [0.1, 0.15) is 0 Å². The van der Waals surface area contributed by atoms with Gasteiger partial charge in [0.05, 0.1) is 0 Å². The molecule has 0 heterocycles. The van der Waals surface area contributed by atoms with E-state index in [1.165, 1.54) is 23.5 Å². The molecule has 0 saturated heterocycles. The van der Waals surface area contributed by atoms with Gasteiger partial charge in [-0.25, -0.2) is 0 Å². The maximum atomic E-state index is 11.8. The van der Waals surface area contributed by atoms with Crippen LogP contribution in [0.15, 0.2) is 92.4 Å². The average molecular weight is 387 g/mol. The Morgan fingerprint density at radius 3 is 1.44 bits per heavy atom. The second-order valence-corrected chi connectivity index (χ2v) is 8.63. The van der Waals surface area contributed by atoms with Gasteiger partial charge in [-0.3, -0.25) is 9.59 Å². The van der Waals surface area contributed by atoms with Gasteiger partial charge in [0.2, 0.25) is 10.2 Å². The minimum absolute atomic E-state index is 0.0288. The minimum Gasteiger partial charge on any atom is -0.282 e. The largest absolute Gasteiger partial charge is 0.282 e. The standard InChI is InChI=1S/C20H18O2S3/c1-13(2)19(21)24-17-9-5-7-15(11-17)23-16-8-6-10-18(12-16)25-20(22)14(3)4/h5-12H,1,3H2,2,4H3. The van der Waals surface area contributed by atoms with Gasteiger partial charge in [-0.15, -0.1) is 0 Å². The lowest BCUT2D eigenvalue weighted by Gasteiger charge is -2.06. The van der Waals surface area contributed by atoms with Crippen LogP contribution in [-0.4, -0.2) is 10.2 Å². The second-order valence-electron chi connectivity index (χ2n) is 5.39. The van der Waals surface area contributed by atoms with Crippen molar-refractivity contribution in [2.24, 2.45) is 0 Å². The highest BCUT2D eigenvalue weighted by Gasteiger charge is 2.08. The Bertz CT molecular complexity index is 771. The van der Waals surface area contributed by atoms with Crippen molar-refractivity contribution >= 4 is 45.5 Å². The summed E-state index contributed by atoms with van der Waals surface area (Å²) in [5, 5.41) is -0.0577. The fraction of sp³-hybridized carbons (Fsp3) is 0.100. The molecule has 0 atom stereocenters. The Labute approximate surface area is 161 Å². The van der Waals surface area contributed by atoms with Crippen molar-refractivity contribution in [2.75, 3.05) is 0 Å². The first-order valence-corrected chi connectivity index (χ1v) is 9.93. The van der Waals surface area contributed by atoms with Gasteiger partial charge in [0.25, 0.3) is 0 Å². The maximum absolute atomic E-state index is 11.8. The number of thioether (sulfide) groups is 2. The Morgan fingerprint density at radius 2 is 1.08 bits per heavy atom. The van der Waals surface area contributed by atoms with E-state index in [4.69, 9.17) is 0 Å². The molecule has 2 nitrogen and oxygen atoms in total. The van der Waals surface area contributed by atoms with Gasteiger partial charge in [0.15, 0.2) is 0 Å². The first-order chi connectivity index (χ1) is 11.8. The lowest BCUT2D eigenvalue weighted by atomic mass is 10.4. The van der Waals surface area contributed by atoms with Crippen molar-refractivity contribution in [1.29, 1.82) is 0 Å². The first kappa shape index (κ1) is 19.6. The smallest absolute Gasteiger partial charge is 0.219 e. The molecular formula is C20H18O2S3. The topological polar surface area (TPSA) is 34.1 Å². The van der Waals surface area contributed by atoms with Crippen LogP contribution in [0.25, 0.3) is 0 Å². The minimum atomic E-state index is -0.0288. The van der Waals surface area contributed by atoms with Crippen LogP contribution in [0.3, 0.4) is 0 Å². The summed E-state index contributed by atoms with van der Waals surface area (Å²) in [6.45, 7) is 10.8. The van der Waals surface area contributed by atoms with Crippen molar-refractivity contribution in [3.63, 3.8) is 0 Å². The number of carbonyl (C=O) groups excluding carboxylic acids is 2. The number of hydrogen-bond donors (Lipinski definition) is 0. The van der Waals surface area contributed by atoms with Crippen LogP contribution >= 0.6 is 35.3 Å². The summed E-state index contributed by atoms with van der Waals surface area (Å²) in [6.07, 6.45) is 0. The Hall–Kier alpha value is -1.69. The van der Waals surface area contributed by atoms with Crippen LogP contribution in [-0.2, 0) is 9.59 Å². The third-order valence-corrected chi connectivity index (χ3v) is 5.99. The molecule has 2 aromatic rings. The predicted octanol–water partition coefficient (Wildman–Crippen LogP) is 6.23. The molecule has 0 saturated carbocycles. The van der Waals surface area contributed by atoms with E-state index >= 15 is 0 Å². The van der Waals surface area contributed by atoms with Crippen molar-refractivity contribution in [3.8, 4) is 0 Å². The number of carbonyl (C=O) groups is 2. The summed E-state index contributed by atoms with van der Waals surface area (Å²) in [4.78, 5) is 27.4. The van der Waals surface area contributed by atoms with E-state index in [1.54, 1.807) is 25.6 Å². The quantitative estimate of drug-likeness (QED) is 0.434. The van der Waals surface area contributed by atoms with E-state index in [9.17, 15) is 9.59 Å². The highest BCUT2D eigenvalue weighted by molar-refractivity contribution is 8.14. The van der Waals surface area contributed by atoms with E-state index in [2.05, 4.69) is 13.2 Å². The van der Waals surface area contributed by atoms with E-state index < -0.39 is 0 Å². The van der Waals surface area contributed by atoms with Gasteiger partial charge >= 0.3 is 0 Å². The Balaban J connectivity index is 2.12.